The van der Waals surface area contributed by atoms with Crippen LogP contribution in [-0.2, 0) is 9.53 Å². The third-order valence-corrected chi connectivity index (χ3v) is 4.76. The Hall–Kier alpha value is -1.40. The van der Waals surface area contributed by atoms with Crippen LogP contribution >= 0.6 is 11.3 Å². The molecular weight excluding hydrogens is 300 g/mol. The summed E-state index contributed by atoms with van der Waals surface area (Å²) in [7, 11) is 3.37. The maximum atomic E-state index is 12.1. The number of hydrogen-bond donors (Lipinski definition) is 1. The van der Waals surface area contributed by atoms with Crippen LogP contribution < -0.4 is 5.32 Å². The summed E-state index contributed by atoms with van der Waals surface area (Å²) in [5.74, 6) is -0.480. The number of rotatable bonds is 8. The van der Waals surface area contributed by atoms with Crippen molar-refractivity contribution in [3.63, 3.8) is 0 Å². The van der Waals surface area contributed by atoms with Gasteiger partial charge in [-0.05, 0) is 39.4 Å². The van der Waals surface area contributed by atoms with E-state index >= 15 is 0 Å². The number of carbonyl (C=O) groups excluding carboxylic acids is 2. The van der Waals surface area contributed by atoms with Crippen molar-refractivity contribution in [1.29, 1.82) is 0 Å². The highest BCUT2D eigenvalue weighted by Gasteiger charge is 2.21. The largest absolute Gasteiger partial charge is 0.465 e. The maximum Gasteiger partial charge on any atom is 0.341 e. The standard InChI is InChI=1S/C16H26N2O3S/c1-6-7-9-18(4)10-8-13(19)17-15-14(16(20)21-5)11(2)12(3)22-15/h6-10H2,1-5H3,(H,17,19). The second-order valence-corrected chi connectivity index (χ2v) is 6.66. The van der Waals surface area contributed by atoms with E-state index in [9.17, 15) is 9.59 Å². The van der Waals surface area contributed by atoms with E-state index in [-0.39, 0.29) is 5.91 Å². The number of nitrogens with one attached hydrogen (secondary N) is 1. The van der Waals surface area contributed by atoms with Crippen LogP contribution in [0.5, 0.6) is 0 Å². The zero-order chi connectivity index (χ0) is 16.7. The van der Waals surface area contributed by atoms with Crippen molar-refractivity contribution in [3.05, 3.63) is 16.0 Å². The predicted octanol–water partition coefficient (Wildman–Crippen LogP) is 3.21. The van der Waals surface area contributed by atoms with Crippen LogP contribution in [0, 0.1) is 13.8 Å². The SMILES string of the molecule is CCCCN(C)CCC(=O)Nc1sc(C)c(C)c1C(=O)OC. The first-order valence-electron chi connectivity index (χ1n) is 7.57. The Morgan fingerprint density at radius 3 is 2.55 bits per heavy atom. The molecule has 0 aromatic carbocycles. The highest BCUT2D eigenvalue weighted by atomic mass is 32.1. The molecule has 5 nitrogen and oxygen atoms in total. The van der Waals surface area contributed by atoms with Gasteiger partial charge in [0.2, 0.25) is 5.91 Å². The number of amides is 1. The first-order chi connectivity index (χ1) is 10.4. The second-order valence-electron chi connectivity index (χ2n) is 5.43. The van der Waals surface area contributed by atoms with Gasteiger partial charge >= 0.3 is 5.97 Å². The van der Waals surface area contributed by atoms with E-state index in [2.05, 4.69) is 17.1 Å². The minimum absolute atomic E-state index is 0.0743. The molecular formula is C16H26N2O3S. The van der Waals surface area contributed by atoms with Crippen molar-refractivity contribution in [3.8, 4) is 0 Å². The lowest BCUT2D eigenvalue weighted by Gasteiger charge is -2.15. The smallest absolute Gasteiger partial charge is 0.341 e. The van der Waals surface area contributed by atoms with Gasteiger partial charge in [0.05, 0.1) is 12.7 Å². The minimum atomic E-state index is -0.405. The van der Waals surface area contributed by atoms with Crippen molar-refractivity contribution in [1.82, 2.24) is 4.90 Å². The zero-order valence-electron chi connectivity index (χ0n) is 14.1. The third-order valence-electron chi connectivity index (χ3n) is 3.64. The fourth-order valence-corrected chi connectivity index (χ4v) is 3.15. The Morgan fingerprint density at radius 2 is 1.95 bits per heavy atom. The molecule has 0 aliphatic carbocycles. The van der Waals surface area contributed by atoms with Crippen LogP contribution in [0.2, 0.25) is 0 Å². The van der Waals surface area contributed by atoms with Gasteiger partial charge < -0.3 is 15.0 Å². The van der Waals surface area contributed by atoms with Crippen molar-refractivity contribution < 1.29 is 14.3 Å². The van der Waals surface area contributed by atoms with E-state index in [1.54, 1.807) is 0 Å². The average molecular weight is 326 g/mol. The first-order valence-corrected chi connectivity index (χ1v) is 8.39. The van der Waals surface area contributed by atoms with Gasteiger partial charge in [0, 0.05) is 17.8 Å². The molecule has 124 valence electrons. The molecule has 0 fully saturated rings. The highest BCUT2D eigenvalue weighted by molar-refractivity contribution is 7.16. The van der Waals surface area contributed by atoms with Crippen LogP contribution in [0.15, 0.2) is 0 Å². The lowest BCUT2D eigenvalue weighted by molar-refractivity contribution is -0.116. The summed E-state index contributed by atoms with van der Waals surface area (Å²) in [6, 6.07) is 0. The molecule has 1 aromatic rings. The molecule has 0 aliphatic heterocycles. The van der Waals surface area contributed by atoms with E-state index in [4.69, 9.17) is 4.74 Å². The van der Waals surface area contributed by atoms with Gasteiger partial charge in [0.25, 0.3) is 0 Å². The number of anilines is 1. The second kappa shape index (κ2) is 8.90. The molecule has 0 aliphatic rings. The van der Waals surface area contributed by atoms with Crippen LogP contribution in [0.4, 0.5) is 5.00 Å². The average Bonchev–Trinajstić information content (AvgIpc) is 2.76. The Morgan fingerprint density at radius 1 is 1.27 bits per heavy atom. The number of unbranched alkanes of at least 4 members (excludes halogenated alkanes) is 1. The Balaban J connectivity index is 2.65. The molecule has 22 heavy (non-hydrogen) atoms. The Labute approximate surface area is 136 Å². The lowest BCUT2D eigenvalue weighted by atomic mass is 10.1. The summed E-state index contributed by atoms with van der Waals surface area (Å²) in [6.45, 7) is 7.65. The van der Waals surface area contributed by atoms with Gasteiger partial charge in [-0.2, -0.15) is 0 Å². The maximum absolute atomic E-state index is 12.1. The summed E-state index contributed by atoms with van der Waals surface area (Å²) in [5, 5.41) is 3.44. The normalized spacial score (nSPS) is 10.8. The molecule has 0 saturated heterocycles. The Bertz CT molecular complexity index is 526. The zero-order valence-corrected chi connectivity index (χ0v) is 14.9. The van der Waals surface area contributed by atoms with E-state index in [1.165, 1.54) is 18.4 Å². The Kier molecular flexibility index (Phi) is 7.55. The van der Waals surface area contributed by atoms with Gasteiger partial charge in [0.1, 0.15) is 5.00 Å². The van der Waals surface area contributed by atoms with E-state index < -0.39 is 5.97 Å². The number of ether oxygens (including phenoxy) is 1. The molecule has 1 rings (SSSR count). The van der Waals surface area contributed by atoms with E-state index in [0.717, 1.165) is 29.8 Å². The molecule has 6 heteroatoms. The number of esters is 1. The molecule has 0 spiro atoms. The summed E-state index contributed by atoms with van der Waals surface area (Å²) in [6.07, 6.45) is 2.69. The van der Waals surface area contributed by atoms with Crippen LogP contribution in [0.1, 0.15) is 47.0 Å². The first kappa shape index (κ1) is 18.6. The van der Waals surface area contributed by atoms with Gasteiger partial charge in [0.15, 0.2) is 0 Å². The lowest BCUT2D eigenvalue weighted by Crippen LogP contribution is -2.25. The number of carbonyl (C=O) groups is 2. The molecule has 1 aromatic heterocycles. The van der Waals surface area contributed by atoms with Gasteiger partial charge in [-0.3, -0.25) is 4.79 Å². The number of methoxy groups -OCH3 is 1. The van der Waals surface area contributed by atoms with E-state index in [1.807, 2.05) is 20.9 Å². The summed E-state index contributed by atoms with van der Waals surface area (Å²) < 4.78 is 4.80. The summed E-state index contributed by atoms with van der Waals surface area (Å²) >= 11 is 1.41. The predicted molar refractivity (Wildman–Crippen MR) is 90.8 cm³/mol. The number of thiophene rings is 1. The quantitative estimate of drug-likeness (QED) is 0.745. The topological polar surface area (TPSA) is 58.6 Å². The fraction of sp³-hybridized carbons (Fsp3) is 0.625. The van der Waals surface area contributed by atoms with E-state index in [0.29, 0.717) is 23.5 Å². The number of nitrogens with zero attached hydrogens (tertiary/aromatic N) is 1. The molecule has 0 atom stereocenters. The number of hydrogen-bond acceptors (Lipinski definition) is 5. The van der Waals surface area contributed by atoms with Crippen molar-refractivity contribution in [2.24, 2.45) is 0 Å². The molecule has 0 bridgehead atoms. The molecule has 0 saturated carbocycles. The molecule has 0 radical (unpaired) electrons. The highest BCUT2D eigenvalue weighted by Crippen LogP contribution is 2.32. The van der Waals surface area contributed by atoms with Crippen LogP contribution in [-0.4, -0.2) is 44.0 Å². The fourth-order valence-electron chi connectivity index (χ4n) is 2.08. The molecule has 1 amide bonds. The molecule has 1 heterocycles. The number of aryl methyl sites for hydroxylation is 1. The van der Waals surface area contributed by atoms with Crippen molar-refractivity contribution >= 4 is 28.2 Å². The third kappa shape index (κ3) is 5.10. The minimum Gasteiger partial charge on any atom is -0.465 e. The van der Waals surface area contributed by atoms with Crippen LogP contribution in [0.3, 0.4) is 0 Å². The molecule has 0 unspecified atom stereocenters. The van der Waals surface area contributed by atoms with Crippen molar-refractivity contribution in [2.75, 3.05) is 32.6 Å². The van der Waals surface area contributed by atoms with Crippen molar-refractivity contribution in [2.45, 2.75) is 40.0 Å². The van der Waals surface area contributed by atoms with Crippen LogP contribution in [0.25, 0.3) is 0 Å². The monoisotopic (exact) mass is 326 g/mol. The summed E-state index contributed by atoms with van der Waals surface area (Å²) in [4.78, 5) is 27.1. The molecule has 1 N–H and O–H groups in total. The van der Waals surface area contributed by atoms with Gasteiger partial charge in [-0.15, -0.1) is 11.3 Å². The van der Waals surface area contributed by atoms with Gasteiger partial charge in [-0.1, -0.05) is 13.3 Å². The van der Waals surface area contributed by atoms with Gasteiger partial charge in [-0.25, -0.2) is 4.79 Å². The summed E-state index contributed by atoms with van der Waals surface area (Å²) in [5.41, 5.74) is 1.34.